The van der Waals surface area contributed by atoms with Gasteiger partial charge >= 0.3 is 0 Å². The van der Waals surface area contributed by atoms with E-state index in [0.29, 0.717) is 16.6 Å². The van der Waals surface area contributed by atoms with Crippen LogP contribution in [0, 0.1) is 0 Å². The van der Waals surface area contributed by atoms with Crippen molar-refractivity contribution in [1.29, 1.82) is 0 Å². The van der Waals surface area contributed by atoms with Crippen molar-refractivity contribution in [3.05, 3.63) is 53.9 Å². The molecule has 0 aliphatic carbocycles. The Labute approximate surface area is 118 Å². The minimum absolute atomic E-state index is 0.313. The molecule has 3 N–H and O–H groups in total. The molecule has 0 fully saturated rings. The maximum Gasteiger partial charge on any atom is 0.122 e. The molecule has 0 radical (unpaired) electrons. The van der Waals surface area contributed by atoms with Crippen LogP contribution in [0.2, 0.25) is 0 Å². The Balaban J connectivity index is 2.16. The minimum atomic E-state index is 0.313. The molecule has 0 bridgehead atoms. The van der Waals surface area contributed by atoms with E-state index < -0.39 is 0 Å². The molecule has 1 aromatic carbocycles. The topological polar surface area (TPSA) is 50.9 Å². The number of nitrogens with one attached hydrogen (secondary N) is 1. The zero-order valence-electron chi connectivity index (χ0n) is 11.1. The molecular weight excluding hydrogens is 254 g/mol. The van der Waals surface area contributed by atoms with Gasteiger partial charge in [-0.3, -0.25) is 4.98 Å². The average molecular weight is 271 g/mol. The van der Waals surface area contributed by atoms with Crippen LogP contribution in [-0.4, -0.2) is 9.97 Å². The number of anilines is 2. The van der Waals surface area contributed by atoms with Crippen molar-refractivity contribution in [2.45, 2.75) is 19.8 Å². The number of benzene rings is 1. The lowest BCUT2D eigenvalue weighted by Gasteiger charge is -2.10. The Morgan fingerprint density at radius 1 is 1.21 bits per heavy atom. The number of thiocarbonyl (C=S) groups is 1. The van der Waals surface area contributed by atoms with Gasteiger partial charge in [-0.25, -0.2) is 0 Å². The Kier molecular flexibility index (Phi) is 4.12. The van der Waals surface area contributed by atoms with Crippen LogP contribution in [0.15, 0.2) is 42.6 Å². The number of rotatable bonds is 4. The monoisotopic (exact) mass is 271 g/mol. The van der Waals surface area contributed by atoms with Crippen LogP contribution in [0.5, 0.6) is 0 Å². The molecule has 3 nitrogen and oxygen atoms in total. The van der Waals surface area contributed by atoms with Crippen LogP contribution < -0.4 is 11.1 Å². The SMILES string of the molecule is CC(C)c1cccc(Nc2ccc(C(N)=S)nc2)c1. The molecule has 1 aromatic heterocycles. The fourth-order valence-corrected chi connectivity index (χ4v) is 1.88. The number of pyridine rings is 1. The van der Waals surface area contributed by atoms with Crippen LogP contribution in [0.25, 0.3) is 0 Å². The summed E-state index contributed by atoms with van der Waals surface area (Å²) in [5.74, 6) is 0.511. The second kappa shape index (κ2) is 5.80. The zero-order chi connectivity index (χ0) is 13.8. The van der Waals surface area contributed by atoms with E-state index in [1.165, 1.54) is 5.56 Å². The second-order valence-electron chi connectivity index (χ2n) is 4.70. The number of hydrogen-bond acceptors (Lipinski definition) is 3. The summed E-state index contributed by atoms with van der Waals surface area (Å²) in [6, 6.07) is 12.1. The average Bonchev–Trinajstić information content (AvgIpc) is 2.39. The summed E-state index contributed by atoms with van der Waals surface area (Å²) in [7, 11) is 0. The Bertz CT molecular complexity index is 576. The van der Waals surface area contributed by atoms with Crippen molar-refractivity contribution < 1.29 is 0 Å². The first-order valence-corrected chi connectivity index (χ1v) is 6.60. The number of hydrogen-bond donors (Lipinski definition) is 2. The van der Waals surface area contributed by atoms with Gasteiger partial charge < -0.3 is 11.1 Å². The van der Waals surface area contributed by atoms with E-state index in [2.05, 4.69) is 42.3 Å². The summed E-state index contributed by atoms with van der Waals surface area (Å²) in [5.41, 5.74) is 9.43. The van der Waals surface area contributed by atoms with E-state index in [1.807, 2.05) is 18.2 Å². The highest BCUT2D eigenvalue weighted by Gasteiger charge is 2.02. The highest BCUT2D eigenvalue weighted by molar-refractivity contribution is 7.80. The highest BCUT2D eigenvalue weighted by Crippen LogP contribution is 2.21. The molecule has 0 aliphatic heterocycles. The number of aromatic nitrogens is 1. The van der Waals surface area contributed by atoms with Gasteiger partial charge in [0, 0.05) is 5.69 Å². The predicted molar refractivity (Wildman–Crippen MR) is 83.9 cm³/mol. The van der Waals surface area contributed by atoms with Crippen LogP contribution >= 0.6 is 12.2 Å². The third-order valence-electron chi connectivity index (χ3n) is 2.86. The van der Waals surface area contributed by atoms with Crippen LogP contribution in [0.3, 0.4) is 0 Å². The Morgan fingerprint density at radius 3 is 2.58 bits per heavy atom. The zero-order valence-corrected chi connectivity index (χ0v) is 11.9. The second-order valence-corrected chi connectivity index (χ2v) is 5.14. The Morgan fingerprint density at radius 2 is 2.00 bits per heavy atom. The lowest BCUT2D eigenvalue weighted by molar-refractivity contribution is 0.867. The minimum Gasteiger partial charge on any atom is -0.388 e. The summed E-state index contributed by atoms with van der Waals surface area (Å²) in [6.07, 6.45) is 1.73. The van der Waals surface area contributed by atoms with Crippen molar-refractivity contribution in [2.24, 2.45) is 5.73 Å². The van der Waals surface area contributed by atoms with Gasteiger partial charge in [0.1, 0.15) is 4.99 Å². The van der Waals surface area contributed by atoms with Crippen molar-refractivity contribution >= 4 is 28.6 Å². The fourth-order valence-electron chi connectivity index (χ4n) is 1.76. The molecule has 0 aliphatic rings. The van der Waals surface area contributed by atoms with E-state index in [-0.39, 0.29) is 0 Å². The molecule has 0 unspecified atom stereocenters. The quantitative estimate of drug-likeness (QED) is 0.834. The first-order valence-electron chi connectivity index (χ1n) is 6.19. The summed E-state index contributed by atoms with van der Waals surface area (Å²) in [4.78, 5) is 4.52. The van der Waals surface area contributed by atoms with Crippen LogP contribution in [-0.2, 0) is 0 Å². The van der Waals surface area contributed by atoms with Gasteiger partial charge in [-0.05, 0) is 35.7 Å². The van der Waals surface area contributed by atoms with Gasteiger partial charge in [0.05, 0.1) is 17.6 Å². The summed E-state index contributed by atoms with van der Waals surface area (Å²) in [6.45, 7) is 4.36. The first kappa shape index (κ1) is 13.5. The summed E-state index contributed by atoms with van der Waals surface area (Å²) < 4.78 is 0. The molecule has 1 heterocycles. The molecule has 98 valence electrons. The smallest absolute Gasteiger partial charge is 0.122 e. The fraction of sp³-hybridized carbons (Fsp3) is 0.200. The lowest BCUT2D eigenvalue weighted by atomic mass is 10.0. The van der Waals surface area contributed by atoms with Crippen molar-refractivity contribution in [3.63, 3.8) is 0 Å². The van der Waals surface area contributed by atoms with Gasteiger partial charge in [-0.2, -0.15) is 0 Å². The molecule has 2 aromatic rings. The molecule has 0 amide bonds. The van der Waals surface area contributed by atoms with E-state index in [1.54, 1.807) is 6.20 Å². The highest BCUT2D eigenvalue weighted by atomic mass is 32.1. The molecule has 0 atom stereocenters. The predicted octanol–water partition coefficient (Wildman–Crippen LogP) is 3.58. The number of nitrogens with zero attached hydrogens (tertiary/aromatic N) is 1. The first-order chi connectivity index (χ1) is 9.06. The molecule has 19 heavy (non-hydrogen) atoms. The van der Waals surface area contributed by atoms with Crippen LogP contribution in [0.1, 0.15) is 31.0 Å². The number of nitrogens with two attached hydrogens (primary N) is 1. The normalized spacial score (nSPS) is 10.5. The summed E-state index contributed by atoms with van der Waals surface area (Å²) >= 11 is 4.88. The van der Waals surface area contributed by atoms with Gasteiger partial charge in [0.2, 0.25) is 0 Å². The van der Waals surface area contributed by atoms with Gasteiger partial charge in [-0.15, -0.1) is 0 Å². The largest absolute Gasteiger partial charge is 0.388 e. The molecule has 0 spiro atoms. The van der Waals surface area contributed by atoms with E-state index in [4.69, 9.17) is 18.0 Å². The molecule has 2 rings (SSSR count). The molecule has 0 saturated carbocycles. The molecule has 0 saturated heterocycles. The van der Waals surface area contributed by atoms with E-state index in [0.717, 1.165) is 11.4 Å². The van der Waals surface area contributed by atoms with E-state index >= 15 is 0 Å². The van der Waals surface area contributed by atoms with Crippen molar-refractivity contribution in [3.8, 4) is 0 Å². The van der Waals surface area contributed by atoms with Crippen molar-refractivity contribution in [2.75, 3.05) is 5.32 Å². The van der Waals surface area contributed by atoms with Gasteiger partial charge in [0.15, 0.2) is 0 Å². The van der Waals surface area contributed by atoms with Crippen molar-refractivity contribution in [1.82, 2.24) is 4.98 Å². The van der Waals surface area contributed by atoms with E-state index in [9.17, 15) is 0 Å². The molecule has 4 heteroatoms. The lowest BCUT2D eigenvalue weighted by Crippen LogP contribution is -2.11. The standard InChI is InChI=1S/C15H17N3S/c1-10(2)11-4-3-5-12(8-11)18-13-6-7-14(15(16)19)17-9-13/h3-10,18H,1-2H3,(H2,16,19). The Hall–Kier alpha value is -1.94. The molecular formula is C15H17N3S. The van der Waals surface area contributed by atoms with Gasteiger partial charge in [-0.1, -0.05) is 38.2 Å². The maximum atomic E-state index is 5.52. The van der Waals surface area contributed by atoms with Gasteiger partial charge in [0.25, 0.3) is 0 Å². The third kappa shape index (κ3) is 3.51. The maximum absolute atomic E-state index is 5.52. The van der Waals surface area contributed by atoms with Crippen LogP contribution in [0.4, 0.5) is 11.4 Å². The summed E-state index contributed by atoms with van der Waals surface area (Å²) in [5, 5.41) is 3.32. The third-order valence-corrected chi connectivity index (χ3v) is 3.07.